The van der Waals surface area contributed by atoms with Crippen LogP contribution in [0.4, 0.5) is 5.13 Å². The van der Waals surface area contributed by atoms with Crippen LogP contribution in [0.15, 0.2) is 77.1 Å². The molecule has 0 saturated carbocycles. The average molecular weight is 629 g/mol. The lowest BCUT2D eigenvalue weighted by molar-refractivity contribution is -0.154. The number of carbonyl (C=O) groups excluding carboxylic acids is 3. The van der Waals surface area contributed by atoms with Crippen molar-refractivity contribution in [2.75, 3.05) is 24.0 Å². The Bertz CT molecular complexity index is 1540. The minimum absolute atomic E-state index is 0.0832. The van der Waals surface area contributed by atoms with Crippen LogP contribution in [0.1, 0.15) is 30.0 Å². The first kappa shape index (κ1) is 29.4. The van der Waals surface area contributed by atoms with Crippen molar-refractivity contribution in [3.63, 3.8) is 0 Å². The number of halogens is 1. The number of nitrogen functional groups attached to an aromatic ring is 1. The predicted octanol–water partition coefficient (Wildman–Crippen LogP) is 2.10. The number of aromatic nitrogens is 2. The number of amides is 2. The molecule has 5 rings (SSSR count). The number of oxime groups is 1. The summed E-state index contributed by atoms with van der Waals surface area (Å²) in [7, 11) is -1.69. The number of esters is 1. The van der Waals surface area contributed by atoms with Crippen LogP contribution < -0.4 is 11.1 Å². The Balaban J connectivity index is 1.41. The lowest BCUT2D eigenvalue weighted by Gasteiger charge is -2.49. The molecule has 2 aliphatic heterocycles. The van der Waals surface area contributed by atoms with Crippen LogP contribution in [-0.4, -0.2) is 71.6 Å². The zero-order valence-corrected chi connectivity index (χ0v) is 24.5. The molecular weight excluding hydrogens is 604 g/mol. The van der Waals surface area contributed by atoms with E-state index in [1.54, 1.807) is 6.92 Å². The molecule has 3 atom stereocenters. The highest BCUT2D eigenvalue weighted by Gasteiger charge is 2.57. The van der Waals surface area contributed by atoms with Crippen molar-refractivity contribution in [1.82, 2.24) is 19.6 Å². The molecule has 2 amide bonds. The first-order valence-electron chi connectivity index (χ1n) is 12.7. The first-order chi connectivity index (χ1) is 20.3. The van der Waals surface area contributed by atoms with E-state index in [0.29, 0.717) is 5.57 Å². The average Bonchev–Trinajstić information content (AvgIpc) is 3.44. The third-order valence-corrected chi connectivity index (χ3v) is 8.95. The molecular formula is C27H25ClN6O6S2. The lowest BCUT2D eigenvalue weighted by atomic mass is 10.0. The van der Waals surface area contributed by atoms with Crippen molar-refractivity contribution >= 4 is 62.6 Å². The number of benzene rings is 2. The van der Waals surface area contributed by atoms with Crippen molar-refractivity contribution in [3.8, 4) is 0 Å². The number of carbonyl (C=O) groups is 3. The van der Waals surface area contributed by atoms with Gasteiger partial charge in [0, 0.05) is 17.4 Å². The molecule has 15 heteroatoms. The van der Waals surface area contributed by atoms with Crippen LogP contribution in [0.2, 0.25) is 0 Å². The highest BCUT2D eigenvalue weighted by atomic mass is 35.5. The molecule has 2 aliphatic rings. The fourth-order valence-corrected chi connectivity index (χ4v) is 7.00. The van der Waals surface area contributed by atoms with E-state index in [0.717, 1.165) is 27.6 Å². The third kappa shape index (κ3) is 5.78. The zero-order chi connectivity index (χ0) is 29.8. The van der Waals surface area contributed by atoms with Gasteiger partial charge < -0.3 is 20.6 Å². The molecule has 1 aromatic heterocycles. The SMILES string of the molecule is CCO/N=C(\C(=O)NC1C(=O)N2C(C(=O)OC(c3ccccc3)c3ccccc3)=C(CCl)CS(=O)[C@H]12)c1nsc(N)n1. The van der Waals surface area contributed by atoms with Gasteiger partial charge >= 0.3 is 5.97 Å². The van der Waals surface area contributed by atoms with Crippen LogP contribution in [0.25, 0.3) is 0 Å². The number of ether oxygens (including phenoxy) is 1. The first-order valence-corrected chi connectivity index (χ1v) is 15.4. The molecule has 12 nitrogen and oxygen atoms in total. The second-order valence-corrected chi connectivity index (χ2v) is 11.7. The summed E-state index contributed by atoms with van der Waals surface area (Å²) < 4.78 is 23.2. The van der Waals surface area contributed by atoms with E-state index in [-0.39, 0.29) is 40.6 Å². The van der Waals surface area contributed by atoms with Crippen LogP contribution in [0.5, 0.6) is 0 Å². The third-order valence-electron chi connectivity index (χ3n) is 6.43. The Morgan fingerprint density at radius 2 is 1.83 bits per heavy atom. The van der Waals surface area contributed by atoms with Gasteiger partial charge in [-0.15, -0.1) is 11.6 Å². The smallest absolute Gasteiger partial charge is 0.356 e. The quantitative estimate of drug-likeness (QED) is 0.112. The molecule has 3 N–H and O–H groups in total. The van der Waals surface area contributed by atoms with E-state index >= 15 is 0 Å². The van der Waals surface area contributed by atoms with Gasteiger partial charge in [-0.3, -0.25) is 18.7 Å². The van der Waals surface area contributed by atoms with E-state index in [9.17, 15) is 18.6 Å². The number of hydrogen-bond acceptors (Lipinski definition) is 11. The van der Waals surface area contributed by atoms with Gasteiger partial charge in [-0.25, -0.2) is 4.79 Å². The van der Waals surface area contributed by atoms with E-state index in [1.807, 2.05) is 60.7 Å². The summed E-state index contributed by atoms with van der Waals surface area (Å²) in [5, 5.41) is 5.38. The molecule has 3 heterocycles. The summed E-state index contributed by atoms with van der Waals surface area (Å²) in [4.78, 5) is 50.4. The Hall–Kier alpha value is -4.14. The number of fused-ring (bicyclic) bond motifs is 1. The zero-order valence-electron chi connectivity index (χ0n) is 22.1. The number of alkyl halides is 1. The summed E-state index contributed by atoms with van der Waals surface area (Å²) in [6, 6.07) is 17.1. The number of nitrogens with zero attached hydrogens (tertiary/aromatic N) is 4. The number of nitrogens with two attached hydrogens (primary N) is 1. The molecule has 0 radical (unpaired) electrons. The fourth-order valence-electron chi connectivity index (χ4n) is 4.55. The van der Waals surface area contributed by atoms with E-state index in [1.165, 1.54) is 0 Å². The highest BCUT2D eigenvalue weighted by molar-refractivity contribution is 7.86. The van der Waals surface area contributed by atoms with Gasteiger partial charge in [0.25, 0.3) is 11.8 Å². The number of β-lactam (4-membered cyclic amide) rings is 1. The molecule has 1 saturated heterocycles. The summed E-state index contributed by atoms with van der Waals surface area (Å²) >= 11 is 7.02. The number of nitrogens with one attached hydrogen (secondary N) is 1. The summed E-state index contributed by atoms with van der Waals surface area (Å²) in [6.45, 7) is 1.82. The van der Waals surface area contributed by atoms with Gasteiger partial charge in [-0.05, 0) is 23.6 Å². The van der Waals surface area contributed by atoms with Crippen LogP contribution >= 0.6 is 23.1 Å². The maximum Gasteiger partial charge on any atom is 0.356 e. The van der Waals surface area contributed by atoms with Gasteiger partial charge in [0.1, 0.15) is 23.7 Å². The number of hydrogen-bond donors (Lipinski definition) is 2. The minimum atomic E-state index is -1.69. The summed E-state index contributed by atoms with van der Waals surface area (Å²) in [5.41, 5.74) is 7.00. The second-order valence-electron chi connectivity index (χ2n) is 9.08. The monoisotopic (exact) mass is 628 g/mol. The van der Waals surface area contributed by atoms with Crippen LogP contribution in [0.3, 0.4) is 0 Å². The van der Waals surface area contributed by atoms with Crippen molar-refractivity contribution in [2.24, 2.45) is 5.16 Å². The molecule has 1 fully saturated rings. The maximum absolute atomic E-state index is 13.7. The standard InChI is InChI=1S/C27H25ClN6O6S2/c1-2-39-32-18(22-31-27(29)41-33-22)23(35)30-19-24(36)34-20(17(13-28)14-42(38)25(19)34)26(37)40-21(15-9-5-3-6-10-15)16-11-7-4-8-12-16/h3-12,19,21,25H,2,13-14H2,1H3,(H,30,35)(H2,29,31,33)/b32-18-/t19?,25-,42?/m1/s1. The van der Waals surface area contributed by atoms with Gasteiger partial charge in [0.05, 0.1) is 16.6 Å². The number of rotatable bonds is 10. The van der Waals surface area contributed by atoms with Gasteiger partial charge in [0.2, 0.25) is 11.5 Å². The second kappa shape index (κ2) is 12.8. The van der Waals surface area contributed by atoms with Crippen molar-refractivity contribution in [3.05, 3.63) is 88.9 Å². The molecule has 218 valence electrons. The van der Waals surface area contributed by atoms with Crippen LogP contribution in [-0.2, 0) is 34.8 Å². The molecule has 3 aromatic rings. The topological polar surface area (TPSA) is 166 Å². The molecule has 42 heavy (non-hydrogen) atoms. The lowest BCUT2D eigenvalue weighted by Crippen LogP contribution is -2.74. The summed E-state index contributed by atoms with van der Waals surface area (Å²) in [6.07, 6.45) is -0.780. The van der Waals surface area contributed by atoms with Gasteiger partial charge in [0.15, 0.2) is 11.2 Å². The molecule has 0 bridgehead atoms. The van der Waals surface area contributed by atoms with E-state index in [4.69, 9.17) is 26.9 Å². The number of anilines is 1. The normalized spacial score (nSPS) is 20.2. The Labute approximate surface area is 252 Å². The fraction of sp³-hybridized carbons (Fsp3) is 0.259. The largest absolute Gasteiger partial charge is 0.448 e. The predicted molar refractivity (Wildman–Crippen MR) is 157 cm³/mol. The molecule has 2 aromatic carbocycles. The Kier molecular flexibility index (Phi) is 8.94. The Morgan fingerprint density at radius 1 is 1.19 bits per heavy atom. The Morgan fingerprint density at radius 3 is 2.38 bits per heavy atom. The molecule has 0 aliphatic carbocycles. The van der Waals surface area contributed by atoms with Crippen molar-refractivity contribution in [1.29, 1.82) is 0 Å². The van der Waals surface area contributed by atoms with Crippen molar-refractivity contribution < 1.29 is 28.2 Å². The minimum Gasteiger partial charge on any atom is -0.448 e. The van der Waals surface area contributed by atoms with Gasteiger partial charge in [-0.2, -0.15) is 9.36 Å². The van der Waals surface area contributed by atoms with Crippen LogP contribution in [0, 0.1) is 0 Å². The molecule has 0 spiro atoms. The van der Waals surface area contributed by atoms with Crippen molar-refractivity contribution in [2.45, 2.75) is 24.4 Å². The maximum atomic E-state index is 13.7. The highest BCUT2D eigenvalue weighted by Crippen LogP contribution is 2.37. The van der Waals surface area contributed by atoms with E-state index < -0.39 is 46.1 Å². The van der Waals surface area contributed by atoms with E-state index in [2.05, 4.69) is 19.8 Å². The summed E-state index contributed by atoms with van der Waals surface area (Å²) in [5.74, 6) is -2.61. The van der Waals surface area contributed by atoms with Gasteiger partial charge in [-0.1, -0.05) is 65.8 Å². The molecule has 2 unspecified atom stereocenters.